The number of pyridine rings is 1. The van der Waals surface area contributed by atoms with Crippen LogP contribution in [0.5, 0.6) is 11.5 Å². The number of nitrogens with one attached hydrogen (secondary N) is 1. The van der Waals surface area contributed by atoms with E-state index < -0.39 is 0 Å². The van der Waals surface area contributed by atoms with Gasteiger partial charge in [0.25, 0.3) is 0 Å². The van der Waals surface area contributed by atoms with E-state index in [0.717, 1.165) is 28.5 Å². The van der Waals surface area contributed by atoms with Crippen LogP contribution >= 0.6 is 23.4 Å². The quantitative estimate of drug-likeness (QED) is 0.659. The summed E-state index contributed by atoms with van der Waals surface area (Å²) < 4.78 is 10.5. The molecule has 0 aliphatic heterocycles. The molecule has 0 atom stereocenters. The zero-order chi connectivity index (χ0) is 17.4. The number of aromatic nitrogens is 1. The molecular weight excluding hydrogens is 348 g/mol. The van der Waals surface area contributed by atoms with Crippen LogP contribution in [-0.2, 0) is 12.3 Å². The maximum absolute atomic E-state index is 8.84. The molecule has 24 heavy (non-hydrogen) atoms. The molecule has 0 spiro atoms. The second-order valence-corrected chi connectivity index (χ2v) is 6.50. The zero-order valence-corrected chi connectivity index (χ0v) is 15.3. The summed E-state index contributed by atoms with van der Waals surface area (Å²) in [6, 6.07) is 7.71. The molecule has 130 valence electrons. The molecule has 2 N–H and O–H groups in total. The molecule has 0 aliphatic carbocycles. The number of methoxy groups -OCH3 is 2. The second kappa shape index (κ2) is 9.61. The summed E-state index contributed by atoms with van der Waals surface area (Å²) >= 11 is 7.91. The number of hydrogen-bond acceptors (Lipinski definition) is 6. The molecule has 1 aromatic carbocycles. The van der Waals surface area contributed by atoms with Gasteiger partial charge in [-0.3, -0.25) is 0 Å². The molecule has 2 aromatic rings. The normalized spacial score (nSPS) is 10.5. The number of hydrogen-bond donors (Lipinski definition) is 2. The molecule has 2 rings (SSSR count). The Labute approximate surface area is 151 Å². The van der Waals surface area contributed by atoms with Crippen LogP contribution in [0.1, 0.15) is 11.1 Å². The predicted molar refractivity (Wildman–Crippen MR) is 99.4 cm³/mol. The summed E-state index contributed by atoms with van der Waals surface area (Å²) in [5.74, 6) is 3.51. The van der Waals surface area contributed by atoms with Gasteiger partial charge in [0.05, 0.1) is 25.8 Å². The third kappa shape index (κ3) is 5.19. The molecule has 0 amide bonds. The molecule has 0 aliphatic rings. The number of aliphatic hydroxyl groups is 1. The van der Waals surface area contributed by atoms with Crippen LogP contribution in [0.2, 0.25) is 5.02 Å². The number of ether oxygens (including phenoxy) is 2. The standard InChI is InChI=1S/C17H21ClN2O3S/c1-22-15-8-13(7-14(18)17(15)23-2)10-20-16-9-12(3-4-19-16)11-24-6-5-21/h3-4,7-9,21H,5-6,10-11H2,1-2H3,(H,19,20). The summed E-state index contributed by atoms with van der Waals surface area (Å²) in [6.07, 6.45) is 1.78. The first-order valence-electron chi connectivity index (χ1n) is 7.45. The first-order chi connectivity index (χ1) is 11.7. The van der Waals surface area contributed by atoms with Gasteiger partial charge in [0.15, 0.2) is 11.5 Å². The lowest BCUT2D eigenvalue weighted by molar-refractivity contribution is 0.322. The van der Waals surface area contributed by atoms with Crippen molar-refractivity contribution in [3.8, 4) is 11.5 Å². The SMILES string of the molecule is COc1cc(CNc2cc(CSCCO)ccn2)cc(Cl)c1OC. The number of halogens is 1. The van der Waals surface area contributed by atoms with Gasteiger partial charge in [-0.05, 0) is 35.4 Å². The number of rotatable bonds is 9. The van der Waals surface area contributed by atoms with Crippen LogP contribution in [0.4, 0.5) is 5.82 Å². The van der Waals surface area contributed by atoms with E-state index >= 15 is 0 Å². The minimum absolute atomic E-state index is 0.195. The fourth-order valence-electron chi connectivity index (χ4n) is 2.18. The fourth-order valence-corrected chi connectivity index (χ4v) is 3.18. The predicted octanol–water partition coefficient (Wildman–Crippen LogP) is 3.59. The minimum Gasteiger partial charge on any atom is -0.493 e. The van der Waals surface area contributed by atoms with Gasteiger partial charge in [-0.25, -0.2) is 4.98 Å². The van der Waals surface area contributed by atoms with Crippen molar-refractivity contribution in [2.75, 3.05) is 31.9 Å². The van der Waals surface area contributed by atoms with E-state index in [1.165, 1.54) is 0 Å². The molecule has 0 saturated carbocycles. The zero-order valence-electron chi connectivity index (χ0n) is 13.7. The first-order valence-corrected chi connectivity index (χ1v) is 8.99. The summed E-state index contributed by atoms with van der Waals surface area (Å²) in [6.45, 7) is 0.765. The van der Waals surface area contributed by atoms with Crippen LogP contribution in [0.15, 0.2) is 30.5 Å². The Bertz CT molecular complexity index is 670. The monoisotopic (exact) mass is 368 g/mol. The van der Waals surface area contributed by atoms with Crippen molar-refractivity contribution in [1.82, 2.24) is 4.98 Å². The maximum Gasteiger partial charge on any atom is 0.179 e. The summed E-state index contributed by atoms with van der Waals surface area (Å²) in [7, 11) is 3.15. The number of thioether (sulfide) groups is 1. The molecule has 1 heterocycles. The highest BCUT2D eigenvalue weighted by Gasteiger charge is 2.11. The van der Waals surface area contributed by atoms with Crippen molar-refractivity contribution >= 4 is 29.2 Å². The second-order valence-electron chi connectivity index (χ2n) is 4.99. The molecule has 0 bridgehead atoms. The molecule has 0 saturated heterocycles. The fraction of sp³-hybridized carbons (Fsp3) is 0.353. The van der Waals surface area contributed by atoms with Crippen molar-refractivity contribution in [3.05, 3.63) is 46.6 Å². The molecule has 0 radical (unpaired) electrons. The Morgan fingerprint density at radius 2 is 2.04 bits per heavy atom. The Kier molecular flexibility index (Phi) is 7.49. The largest absolute Gasteiger partial charge is 0.493 e. The van der Waals surface area contributed by atoms with Crippen molar-refractivity contribution in [1.29, 1.82) is 0 Å². The van der Waals surface area contributed by atoms with E-state index in [-0.39, 0.29) is 6.61 Å². The summed E-state index contributed by atoms with van der Waals surface area (Å²) in [4.78, 5) is 4.32. The van der Waals surface area contributed by atoms with Crippen molar-refractivity contribution in [3.63, 3.8) is 0 Å². The van der Waals surface area contributed by atoms with Crippen LogP contribution in [0.25, 0.3) is 0 Å². The minimum atomic E-state index is 0.195. The lowest BCUT2D eigenvalue weighted by Gasteiger charge is -2.13. The van der Waals surface area contributed by atoms with Gasteiger partial charge in [0.2, 0.25) is 0 Å². The van der Waals surface area contributed by atoms with Crippen LogP contribution < -0.4 is 14.8 Å². The maximum atomic E-state index is 8.84. The van der Waals surface area contributed by atoms with Gasteiger partial charge in [0.1, 0.15) is 5.82 Å². The molecule has 7 heteroatoms. The van der Waals surface area contributed by atoms with Gasteiger partial charge in [0, 0.05) is 24.2 Å². The Hall–Kier alpha value is -1.63. The molecule has 5 nitrogen and oxygen atoms in total. The van der Waals surface area contributed by atoms with E-state index in [2.05, 4.69) is 10.3 Å². The topological polar surface area (TPSA) is 63.6 Å². The highest BCUT2D eigenvalue weighted by Crippen LogP contribution is 2.36. The van der Waals surface area contributed by atoms with Crippen molar-refractivity contribution in [2.24, 2.45) is 0 Å². The number of aliphatic hydroxyl groups excluding tert-OH is 1. The highest BCUT2D eigenvalue weighted by molar-refractivity contribution is 7.98. The van der Waals surface area contributed by atoms with Crippen LogP contribution in [0.3, 0.4) is 0 Å². The first kappa shape index (κ1) is 18.7. The van der Waals surface area contributed by atoms with Gasteiger partial charge in [-0.15, -0.1) is 0 Å². The molecule has 0 fully saturated rings. The van der Waals surface area contributed by atoms with Gasteiger partial charge in [-0.1, -0.05) is 11.6 Å². The lowest BCUT2D eigenvalue weighted by Crippen LogP contribution is -2.03. The Morgan fingerprint density at radius 3 is 2.75 bits per heavy atom. The average molecular weight is 369 g/mol. The summed E-state index contributed by atoms with van der Waals surface area (Å²) in [5.41, 5.74) is 2.14. The number of anilines is 1. The third-order valence-electron chi connectivity index (χ3n) is 3.30. The van der Waals surface area contributed by atoms with E-state index in [4.69, 9.17) is 26.2 Å². The van der Waals surface area contributed by atoms with Crippen molar-refractivity contribution in [2.45, 2.75) is 12.3 Å². The number of nitrogens with zero attached hydrogens (tertiary/aromatic N) is 1. The Balaban J connectivity index is 2.03. The smallest absolute Gasteiger partial charge is 0.179 e. The van der Waals surface area contributed by atoms with E-state index in [9.17, 15) is 0 Å². The van der Waals surface area contributed by atoms with E-state index in [0.29, 0.717) is 23.1 Å². The van der Waals surface area contributed by atoms with Crippen LogP contribution in [0, 0.1) is 0 Å². The lowest BCUT2D eigenvalue weighted by atomic mass is 10.2. The average Bonchev–Trinajstić information content (AvgIpc) is 2.60. The molecule has 1 aromatic heterocycles. The highest BCUT2D eigenvalue weighted by atomic mass is 35.5. The van der Waals surface area contributed by atoms with E-state index in [1.807, 2.05) is 24.3 Å². The van der Waals surface area contributed by atoms with Gasteiger partial charge >= 0.3 is 0 Å². The van der Waals surface area contributed by atoms with Gasteiger partial charge < -0.3 is 19.9 Å². The van der Waals surface area contributed by atoms with Crippen molar-refractivity contribution < 1.29 is 14.6 Å². The number of benzene rings is 1. The van der Waals surface area contributed by atoms with Crippen LogP contribution in [-0.4, -0.2) is 36.7 Å². The molecular formula is C17H21ClN2O3S. The third-order valence-corrected chi connectivity index (χ3v) is 4.59. The summed E-state index contributed by atoms with van der Waals surface area (Å²) in [5, 5.41) is 12.6. The Morgan fingerprint density at radius 1 is 1.21 bits per heavy atom. The van der Waals surface area contributed by atoms with Gasteiger partial charge in [-0.2, -0.15) is 11.8 Å². The molecule has 0 unspecified atom stereocenters. The van der Waals surface area contributed by atoms with E-state index in [1.54, 1.807) is 32.2 Å².